The van der Waals surface area contributed by atoms with E-state index in [2.05, 4.69) is 5.32 Å². The lowest BCUT2D eigenvalue weighted by Crippen LogP contribution is -2.41. The lowest BCUT2D eigenvalue weighted by Gasteiger charge is -2.16. The van der Waals surface area contributed by atoms with E-state index in [1.807, 2.05) is 13.8 Å². The highest BCUT2D eigenvalue weighted by atomic mass is 32.2. The lowest BCUT2D eigenvalue weighted by molar-refractivity contribution is -0.139. The largest absolute Gasteiger partial charge is 0.480 e. The second-order valence-corrected chi connectivity index (χ2v) is 6.85. The first-order valence-corrected chi connectivity index (χ1v) is 8.45. The maximum absolute atomic E-state index is 12.1. The van der Waals surface area contributed by atoms with E-state index >= 15 is 0 Å². The zero-order chi connectivity index (χ0) is 16.0. The number of carbonyl (C=O) groups excluding carboxylic acids is 1. The smallest absolute Gasteiger partial charge is 0.326 e. The molecule has 2 atom stereocenters. The van der Waals surface area contributed by atoms with Crippen molar-refractivity contribution in [2.75, 3.05) is 6.26 Å². The fourth-order valence-electron chi connectivity index (χ4n) is 1.97. The summed E-state index contributed by atoms with van der Waals surface area (Å²) in [4.78, 5) is 23.3. The van der Waals surface area contributed by atoms with Gasteiger partial charge in [-0.2, -0.15) is 0 Å². The van der Waals surface area contributed by atoms with Crippen molar-refractivity contribution < 1.29 is 18.9 Å². The van der Waals surface area contributed by atoms with E-state index in [-0.39, 0.29) is 5.92 Å². The minimum absolute atomic E-state index is 0.167. The molecule has 1 amide bonds. The van der Waals surface area contributed by atoms with Crippen LogP contribution in [0, 0.1) is 5.92 Å². The van der Waals surface area contributed by atoms with Crippen LogP contribution < -0.4 is 5.32 Å². The number of hydrogen-bond donors (Lipinski definition) is 2. The molecular weight excluding hydrogens is 290 g/mol. The maximum atomic E-state index is 12.1. The fourth-order valence-corrected chi connectivity index (χ4v) is 2.62. The number of aliphatic carboxylic acids is 1. The van der Waals surface area contributed by atoms with E-state index in [0.29, 0.717) is 17.7 Å². The summed E-state index contributed by atoms with van der Waals surface area (Å²) < 4.78 is 11.2. The molecule has 0 aromatic heterocycles. The van der Waals surface area contributed by atoms with Gasteiger partial charge < -0.3 is 10.4 Å². The van der Waals surface area contributed by atoms with Gasteiger partial charge in [0.1, 0.15) is 6.04 Å². The van der Waals surface area contributed by atoms with Crippen LogP contribution in [-0.2, 0) is 21.3 Å². The Hall–Kier alpha value is -1.69. The van der Waals surface area contributed by atoms with Gasteiger partial charge in [-0.3, -0.25) is 9.00 Å². The topological polar surface area (TPSA) is 83.5 Å². The molecule has 0 fully saturated rings. The molecule has 1 rings (SSSR count). The van der Waals surface area contributed by atoms with Crippen LogP contribution in [0.1, 0.15) is 36.2 Å². The quantitative estimate of drug-likeness (QED) is 0.804. The van der Waals surface area contributed by atoms with Crippen molar-refractivity contribution in [1.29, 1.82) is 0 Å². The Bertz CT molecular complexity index is 542. The molecule has 1 aromatic carbocycles. The van der Waals surface area contributed by atoms with Crippen LogP contribution in [0.5, 0.6) is 0 Å². The first-order chi connectivity index (χ1) is 9.79. The van der Waals surface area contributed by atoms with Gasteiger partial charge in [0.05, 0.1) is 0 Å². The van der Waals surface area contributed by atoms with Crippen molar-refractivity contribution >= 4 is 22.7 Å². The number of amides is 1. The summed E-state index contributed by atoms with van der Waals surface area (Å²) in [7, 11) is -0.990. The first kappa shape index (κ1) is 17.4. The molecular formula is C15H21NO4S. The monoisotopic (exact) mass is 311 g/mol. The number of carboxylic acids is 1. The van der Waals surface area contributed by atoms with Crippen molar-refractivity contribution in [3.05, 3.63) is 35.4 Å². The number of carboxylic acid groups (broad SMARTS) is 1. The summed E-state index contributed by atoms with van der Waals surface area (Å²) in [6.45, 7) is 3.80. The SMILES string of the molecule is CC(C)C[C@H](NC(=O)c1cccc(CS(C)=O)c1)C(=O)O. The normalized spacial score (nSPS) is 13.7. The van der Waals surface area contributed by atoms with Crippen LogP contribution in [-0.4, -0.2) is 33.5 Å². The zero-order valence-electron chi connectivity index (χ0n) is 12.5. The summed E-state index contributed by atoms with van der Waals surface area (Å²) >= 11 is 0. The minimum atomic E-state index is -1.04. The van der Waals surface area contributed by atoms with Crippen LogP contribution in [0.3, 0.4) is 0 Å². The number of carbonyl (C=O) groups is 2. The highest BCUT2D eigenvalue weighted by Gasteiger charge is 2.21. The molecule has 21 heavy (non-hydrogen) atoms. The van der Waals surface area contributed by atoms with Crippen LogP contribution in [0.2, 0.25) is 0 Å². The Morgan fingerprint density at radius 2 is 2.00 bits per heavy atom. The average Bonchev–Trinajstić information content (AvgIpc) is 2.36. The van der Waals surface area contributed by atoms with Gasteiger partial charge in [-0.1, -0.05) is 26.0 Å². The number of benzene rings is 1. The van der Waals surface area contributed by atoms with Crippen LogP contribution in [0.25, 0.3) is 0 Å². The summed E-state index contributed by atoms with van der Waals surface area (Å²) in [6.07, 6.45) is 1.97. The fraction of sp³-hybridized carbons (Fsp3) is 0.467. The molecule has 0 aliphatic heterocycles. The molecule has 0 aliphatic carbocycles. The van der Waals surface area contributed by atoms with Gasteiger partial charge >= 0.3 is 5.97 Å². The molecule has 6 heteroatoms. The third-order valence-corrected chi connectivity index (χ3v) is 3.61. The lowest BCUT2D eigenvalue weighted by atomic mass is 10.0. The van der Waals surface area contributed by atoms with Gasteiger partial charge in [-0.25, -0.2) is 4.79 Å². The number of hydrogen-bond acceptors (Lipinski definition) is 3. The van der Waals surface area contributed by atoms with Crippen LogP contribution in [0.4, 0.5) is 0 Å². The Morgan fingerprint density at radius 3 is 2.52 bits per heavy atom. The average molecular weight is 311 g/mol. The molecule has 0 radical (unpaired) electrons. The van der Waals surface area contributed by atoms with Crippen molar-refractivity contribution in [3.8, 4) is 0 Å². The third kappa shape index (κ3) is 6.08. The van der Waals surface area contributed by atoms with Gasteiger partial charge in [0.2, 0.25) is 0 Å². The highest BCUT2D eigenvalue weighted by molar-refractivity contribution is 7.83. The Labute approximate surface area is 127 Å². The number of rotatable bonds is 7. The van der Waals surface area contributed by atoms with Crippen molar-refractivity contribution in [2.45, 2.75) is 32.1 Å². The zero-order valence-corrected chi connectivity index (χ0v) is 13.3. The molecule has 0 aliphatic rings. The molecule has 0 saturated carbocycles. The summed E-state index contributed by atoms with van der Waals surface area (Å²) in [5.74, 6) is -0.926. The highest BCUT2D eigenvalue weighted by Crippen LogP contribution is 2.10. The van der Waals surface area contributed by atoms with Gasteiger partial charge in [0, 0.05) is 28.4 Å². The van der Waals surface area contributed by atoms with E-state index in [9.17, 15) is 13.8 Å². The molecule has 0 heterocycles. The Morgan fingerprint density at radius 1 is 1.33 bits per heavy atom. The molecule has 1 aromatic rings. The van der Waals surface area contributed by atoms with E-state index in [1.54, 1.807) is 30.5 Å². The Balaban J connectivity index is 2.82. The Kier molecular flexibility index (Phi) is 6.55. The van der Waals surface area contributed by atoms with Crippen LogP contribution in [0.15, 0.2) is 24.3 Å². The molecule has 2 N–H and O–H groups in total. The third-order valence-electron chi connectivity index (χ3n) is 2.87. The van der Waals surface area contributed by atoms with Gasteiger partial charge in [0.25, 0.3) is 5.91 Å². The molecule has 0 saturated heterocycles. The van der Waals surface area contributed by atoms with Gasteiger partial charge in [-0.05, 0) is 30.0 Å². The van der Waals surface area contributed by atoms with E-state index in [1.165, 1.54) is 0 Å². The van der Waals surface area contributed by atoms with Crippen LogP contribution >= 0.6 is 0 Å². The van der Waals surface area contributed by atoms with Gasteiger partial charge in [-0.15, -0.1) is 0 Å². The predicted octanol–water partition coefficient (Wildman–Crippen LogP) is 1.79. The molecule has 0 bridgehead atoms. The standard InChI is InChI=1S/C15H21NO4S/c1-10(2)7-13(15(18)19)16-14(17)12-6-4-5-11(8-12)9-21(3)20/h4-6,8,10,13H,7,9H2,1-3H3,(H,16,17)(H,18,19)/t13-,21?/m0/s1. The van der Waals surface area contributed by atoms with E-state index < -0.39 is 28.7 Å². The minimum Gasteiger partial charge on any atom is -0.480 e. The van der Waals surface area contributed by atoms with Crippen molar-refractivity contribution in [1.82, 2.24) is 5.32 Å². The number of nitrogens with one attached hydrogen (secondary N) is 1. The molecule has 1 unspecified atom stereocenters. The van der Waals surface area contributed by atoms with Gasteiger partial charge in [0.15, 0.2) is 0 Å². The summed E-state index contributed by atoms with van der Waals surface area (Å²) in [5, 5.41) is 11.7. The molecule has 0 spiro atoms. The second-order valence-electron chi connectivity index (χ2n) is 5.41. The summed E-state index contributed by atoms with van der Waals surface area (Å²) in [6, 6.07) is 5.86. The maximum Gasteiger partial charge on any atom is 0.326 e. The van der Waals surface area contributed by atoms with Crippen molar-refractivity contribution in [2.24, 2.45) is 5.92 Å². The first-order valence-electron chi connectivity index (χ1n) is 6.72. The molecule has 5 nitrogen and oxygen atoms in total. The van der Waals surface area contributed by atoms with E-state index in [0.717, 1.165) is 5.56 Å². The summed E-state index contributed by atoms with van der Waals surface area (Å²) in [5.41, 5.74) is 1.17. The predicted molar refractivity (Wildman–Crippen MR) is 82.6 cm³/mol. The second kappa shape index (κ2) is 7.93. The molecule has 116 valence electrons. The van der Waals surface area contributed by atoms with Crippen molar-refractivity contribution in [3.63, 3.8) is 0 Å². The van der Waals surface area contributed by atoms with E-state index in [4.69, 9.17) is 5.11 Å².